The van der Waals surface area contributed by atoms with Gasteiger partial charge in [0, 0.05) is 11.6 Å². The summed E-state index contributed by atoms with van der Waals surface area (Å²) in [4.78, 5) is 18.7. The lowest BCUT2D eigenvalue weighted by molar-refractivity contribution is 0.0696. The predicted molar refractivity (Wildman–Crippen MR) is 62.4 cm³/mol. The Morgan fingerprint density at radius 2 is 2.31 bits per heavy atom. The summed E-state index contributed by atoms with van der Waals surface area (Å²) in [6.07, 6.45) is 1.32. The Morgan fingerprint density at radius 1 is 1.50 bits per heavy atom. The average molecular weight is 273 g/mol. The molecule has 16 heavy (non-hydrogen) atoms. The fraction of sp³-hybridized carbons (Fsp3) is 0. The first-order chi connectivity index (χ1) is 7.65. The molecule has 0 aliphatic rings. The van der Waals surface area contributed by atoms with Crippen LogP contribution in [0.1, 0.15) is 10.4 Å². The van der Waals surface area contributed by atoms with Crippen molar-refractivity contribution in [2.75, 3.05) is 0 Å². The molecule has 4 nitrogen and oxygen atoms in total. The molecule has 0 aliphatic heterocycles. The van der Waals surface area contributed by atoms with Gasteiger partial charge in [-0.05, 0) is 23.9 Å². The number of carboxylic acids is 1. The maximum absolute atomic E-state index is 10.6. The van der Waals surface area contributed by atoms with Crippen molar-refractivity contribution >= 4 is 40.7 Å². The van der Waals surface area contributed by atoms with Gasteiger partial charge >= 0.3 is 5.97 Å². The molecule has 0 bridgehead atoms. The van der Waals surface area contributed by atoms with Crippen LogP contribution in [-0.4, -0.2) is 21.0 Å². The number of thiazole rings is 1. The molecule has 7 heteroatoms. The minimum atomic E-state index is -0.985. The number of aromatic carboxylic acids is 1. The number of aromatic nitrogens is 2. The fourth-order valence-electron chi connectivity index (χ4n) is 0.942. The summed E-state index contributed by atoms with van der Waals surface area (Å²) in [7, 11) is 0. The molecular formula is C9H5ClN2O2S2. The van der Waals surface area contributed by atoms with Crippen LogP contribution in [0.4, 0.5) is 0 Å². The highest BCUT2D eigenvalue weighted by Gasteiger charge is 2.06. The number of carboxylic acid groups (broad SMARTS) is 1. The summed E-state index contributed by atoms with van der Waals surface area (Å²) in [5.74, 6) is -0.985. The highest BCUT2D eigenvalue weighted by molar-refractivity contribution is 8.01. The molecule has 0 unspecified atom stereocenters. The lowest BCUT2D eigenvalue weighted by Gasteiger charge is -1.97. The van der Waals surface area contributed by atoms with Gasteiger partial charge in [0.2, 0.25) is 0 Å². The third-order valence-electron chi connectivity index (χ3n) is 1.63. The Morgan fingerprint density at radius 3 is 2.81 bits per heavy atom. The zero-order valence-electron chi connectivity index (χ0n) is 7.75. The minimum absolute atomic E-state index is 0.168. The highest BCUT2D eigenvalue weighted by Crippen LogP contribution is 2.30. The Labute approximate surface area is 104 Å². The molecule has 0 aromatic carbocycles. The number of pyridine rings is 1. The van der Waals surface area contributed by atoms with E-state index in [0.29, 0.717) is 10.2 Å². The lowest BCUT2D eigenvalue weighted by Crippen LogP contribution is -1.96. The van der Waals surface area contributed by atoms with Crippen LogP contribution in [0, 0.1) is 0 Å². The van der Waals surface area contributed by atoms with Crippen LogP contribution in [-0.2, 0) is 0 Å². The van der Waals surface area contributed by atoms with Gasteiger partial charge in [0.25, 0.3) is 0 Å². The molecule has 0 atom stereocenters. The van der Waals surface area contributed by atoms with Crippen molar-refractivity contribution in [2.45, 2.75) is 9.37 Å². The SMILES string of the molecule is O=C(O)c1ccc(Sc2nc(Cl)cs2)nc1. The molecule has 1 N–H and O–H groups in total. The summed E-state index contributed by atoms with van der Waals surface area (Å²) < 4.78 is 0.778. The van der Waals surface area contributed by atoms with Crippen molar-refractivity contribution in [2.24, 2.45) is 0 Å². The van der Waals surface area contributed by atoms with E-state index in [-0.39, 0.29) is 5.56 Å². The predicted octanol–water partition coefficient (Wildman–Crippen LogP) is 3.04. The number of halogens is 1. The second-order valence-electron chi connectivity index (χ2n) is 2.73. The first kappa shape index (κ1) is 11.4. The number of rotatable bonds is 3. The van der Waals surface area contributed by atoms with E-state index >= 15 is 0 Å². The molecule has 0 radical (unpaired) electrons. The summed E-state index contributed by atoms with van der Waals surface area (Å²) in [6.45, 7) is 0. The molecule has 0 saturated carbocycles. The smallest absolute Gasteiger partial charge is 0.337 e. The van der Waals surface area contributed by atoms with Gasteiger partial charge < -0.3 is 5.11 Å². The van der Waals surface area contributed by atoms with Crippen molar-refractivity contribution in [1.29, 1.82) is 0 Å². The maximum atomic E-state index is 10.6. The zero-order valence-corrected chi connectivity index (χ0v) is 10.1. The summed E-state index contributed by atoms with van der Waals surface area (Å²) >= 11 is 8.45. The van der Waals surface area contributed by atoms with Gasteiger partial charge in [-0.3, -0.25) is 0 Å². The Balaban J connectivity index is 2.14. The van der Waals surface area contributed by atoms with Crippen LogP contribution >= 0.6 is 34.7 Å². The first-order valence-corrected chi connectivity index (χ1v) is 6.21. The largest absolute Gasteiger partial charge is 0.478 e. The van der Waals surface area contributed by atoms with E-state index in [1.165, 1.54) is 35.4 Å². The number of hydrogen-bond donors (Lipinski definition) is 1. The highest BCUT2D eigenvalue weighted by atomic mass is 35.5. The molecule has 2 aromatic rings. The Hall–Kier alpha value is -1.11. The van der Waals surface area contributed by atoms with E-state index in [1.807, 2.05) is 0 Å². The second-order valence-corrected chi connectivity index (χ2v) is 5.24. The van der Waals surface area contributed by atoms with Gasteiger partial charge in [-0.2, -0.15) is 0 Å². The van der Waals surface area contributed by atoms with E-state index in [2.05, 4.69) is 9.97 Å². The van der Waals surface area contributed by atoms with Gasteiger partial charge in [-0.1, -0.05) is 11.6 Å². The quantitative estimate of drug-likeness (QED) is 0.930. The first-order valence-electron chi connectivity index (χ1n) is 4.13. The van der Waals surface area contributed by atoms with Crippen molar-refractivity contribution in [1.82, 2.24) is 9.97 Å². The fourth-order valence-corrected chi connectivity index (χ4v) is 2.82. The molecule has 2 aromatic heterocycles. The topological polar surface area (TPSA) is 63.1 Å². The van der Waals surface area contributed by atoms with E-state index in [9.17, 15) is 4.79 Å². The van der Waals surface area contributed by atoms with Gasteiger partial charge in [0.05, 0.1) is 5.56 Å². The van der Waals surface area contributed by atoms with Crippen LogP contribution in [0.3, 0.4) is 0 Å². The maximum Gasteiger partial charge on any atom is 0.337 e. The monoisotopic (exact) mass is 272 g/mol. The summed E-state index contributed by atoms with van der Waals surface area (Å²) in [5, 5.41) is 11.6. The molecule has 0 amide bonds. The normalized spacial score (nSPS) is 10.3. The van der Waals surface area contributed by atoms with Crippen LogP contribution in [0.25, 0.3) is 0 Å². The summed E-state index contributed by atoms with van der Waals surface area (Å²) in [5.41, 5.74) is 0.168. The van der Waals surface area contributed by atoms with E-state index in [1.54, 1.807) is 11.4 Å². The number of carbonyl (C=O) groups is 1. The molecule has 0 aliphatic carbocycles. The molecule has 82 valence electrons. The third-order valence-corrected chi connectivity index (χ3v) is 3.84. The lowest BCUT2D eigenvalue weighted by atomic mass is 10.3. The van der Waals surface area contributed by atoms with E-state index in [0.717, 1.165) is 4.34 Å². The van der Waals surface area contributed by atoms with Crippen LogP contribution in [0.2, 0.25) is 5.15 Å². The van der Waals surface area contributed by atoms with Crippen molar-refractivity contribution in [3.05, 3.63) is 34.4 Å². The van der Waals surface area contributed by atoms with E-state index in [4.69, 9.17) is 16.7 Å². The molecule has 0 saturated heterocycles. The molecule has 2 heterocycles. The number of nitrogens with zero attached hydrogens (tertiary/aromatic N) is 2. The molecular weight excluding hydrogens is 268 g/mol. The van der Waals surface area contributed by atoms with E-state index < -0.39 is 5.97 Å². The van der Waals surface area contributed by atoms with Gasteiger partial charge in [-0.25, -0.2) is 14.8 Å². The standard InChI is InChI=1S/C9H5ClN2O2S2/c10-6-4-15-9(12-6)16-7-2-1-5(3-11-7)8(13)14/h1-4H,(H,13,14). The third kappa shape index (κ3) is 2.72. The Bertz CT molecular complexity index is 512. The Kier molecular flexibility index (Phi) is 3.42. The van der Waals surface area contributed by atoms with Crippen LogP contribution in [0.15, 0.2) is 33.1 Å². The molecule has 0 fully saturated rings. The van der Waals surface area contributed by atoms with Crippen molar-refractivity contribution < 1.29 is 9.90 Å². The average Bonchev–Trinajstić information content (AvgIpc) is 2.65. The minimum Gasteiger partial charge on any atom is -0.478 e. The van der Waals surface area contributed by atoms with Crippen molar-refractivity contribution in [3.8, 4) is 0 Å². The zero-order chi connectivity index (χ0) is 11.5. The van der Waals surface area contributed by atoms with Gasteiger partial charge in [0.15, 0.2) is 4.34 Å². The van der Waals surface area contributed by atoms with Gasteiger partial charge in [0.1, 0.15) is 10.2 Å². The van der Waals surface area contributed by atoms with Gasteiger partial charge in [-0.15, -0.1) is 11.3 Å². The molecule has 0 spiro atoms. The second kappa shape index (κ2) is 4.82. The van der Waals surface area contributed by atoms with Crippen LogP contribution in [0.5, 0.6) is 0 Å². The number of hydrogen-bond acceptors (Lipinski definition) is 5. The van der Waals surface area contributed by atoms with Crippen LogP contribution < -0.4 is 0 Å². The van der Waals surface area contributed by atoms with Crippen molar-refractivity contribution in [3.63, 3.8) is 0 Å². The summed E-state index contributed by atoms with van der Waals surface area (Å²) in [6, 6.07) is 3.15. The molecule has 2 rings (SSSR count).